The molecule has 1 saturated heterocycles. The van der Waals surface area contributed by atoms with Crippen LogP contribution in [-0.4, -0.2) is 19.4 Å². The second-order valence-electron chi connectivity index (χ2n) is 4.87. The zero-order chi connectivity index (χ0) is 12.1. The highest BCUT2D eigenvalue weighted by Gasteiger charge is 2.17. The molecule has 1 aliphatic heterocycles. The number of thiophene rings is 1. The number of carbonyl (C=O) groups excluding carboxylic acids is 1. The van der Waals surface area contributed by atoms with Crippen LogP contribution < -0.4 is 4.90 Å². The minimum absolute atomic E-state index is 0.842. The molecule has 0 bridgehead atoms. The molecular weight excluding hydrogens is 230 g/mol. The molecule has 2 nitrogen and oxygen atoms in total. The Labute approximate surface area is 108 Å². The van der Waals surface area contributed by atoms with Crippen LogP contribution >= 0.6 is 11.3 Å². The minimum atomic E-state index is 0.842. The fourth-order valence-electron chi connectivity index (χ4n) is 2.66. The van der Waals surface area contributed by atoms with Crippen LogP contribution in [0.2, 0.25) is 0 Å². The topological polar surface area (TPSA) is 20.3 Å². The summed E-state index contributed by atoms with van der Waals surface area (Å²) >= 11 is 1.62. The van der Waals surface area contributed by atoms with Crippen molar-refractivity contribution in [1.82, 2.24) is 0 Å². The molecule has 0 amide bonds. The highest BCUT2D eigenvalue weighted by molar-refractivity contribution is 7.17. The Morgan fingerprint density at radius 2 is 2.29 bits per heavy atom. The Balaban J connectivity index is 1.96. The molecule has 2 heterocycles. The van der Waals surface area contributed by atoms with Crippen molar-refractivity contribution in [3.8, 4) is 0 Å². The number of carbonyl (C=O) groups is 1. The van der Waals surface area contributed by atoms with Gasteiger partial charge in [-0.15, -0.1) is 11.3 Å². The first-order chi connectivity index (χ1) is 8.33. The van der Waals surface area contributed by atoms with Crippen LogP contribution in [0.25, 0.3) is 0 Å². The molecule has 0 spiro atoms. The quantitative estimate of drug-likeness (QED) is 0.755. The van der Waals surface area contributed by atoms with Crippen molar-refractivity contribution in [2.75, 3.05) is 18.0 Å². The van der Waals surface area contributed by atoms with Gasteiger partial charge in [-0.3, -0.25) is 4.79 Å². The highest BCUT2D eigenvalue weighted by atomic mass is 32.1. The van der Waals surface area contributed by atoms with Gasteiger partial charge in [-0.25, -0.2) is 0 Å². The number of nitrogens with zero attached hydrogens (tertiary/aromatic N) is 1. The largest absolute Gasteiger partial charge is 0.363 e. The van der Waals surface area contributed by atoms with Crippen LogP contribution in [0.3, 0.4) is 0 Å². The van der Waals surface area contributed by atoms with E-state index < -0.39 is 0 Å². The van der Waals surface area contributed by atoms with E-state index in [9.17, 15) is 4.79 Å². The average Bonchev–Trinajstić information content (AvgIpc) is 2.70. The van der Waals surface area contributed by atoms with Gasteiger partial charge in [0.15, 0.2) is 6.29 Å². The van der Waals surface area contributed by atoms with Crippen molar-refractivity contribution in [1.29, 1.82) is 0 Å². The lowest BCUT2D eigenvalue weighted by Gasteiger charge is -2.20. The standard InChI is InChI=1S/C14H21NOS/c1-2-4-12-5-3-9-15(10-8-12)14-7-6-13(11-16)17-14/h6-7,11-12H,2-5,8-10H2,1H3. The summed E-state index contributed by atoms with van der Waals surface area (Å²) < 4.78 is 0. The molecule has 1 atom stereocenters. The maximum absolute atomic E-state index is 10.7. The molecule has 1 aromatic rings. The average molecular weight is 251 g/mol. The third-order valence-electron chi connectivity index (χ3n) is 3.59. The molecule has 3 heteroatoms. The van der Waals surface area contributed by atoms with Crippen molar-refractivity contribution in [3.05, 3.63) is 17.0 Å². The summed E-state index contributed by atoms with van der Waals surface area (Å²) in [5, 5.41) is 1.27. The smallest absolute Gasteiger partial charge is 0.160 e. The van der Waals surface area contributed by atoms with Crippen molar-refractivity contribution >= 4 is 22.6 Å². The van der Waals surface area contributed by atoms with Crippen LogP contribution in [0.1, 0.15) is 48.7 Å². The summed E-state index contributed by atoms with van der Waals surface area (Å²) in [5.74, 6) is 0.913. The van der Waals surface area contributed by atoms with E-state index in [1.807, 2.05) is 6.07 Å². The summed E-state index contributed by atoms with van der Waals surface area (Å²) in [7, 11) is 0. The lowest BCUT2D eigenvalue weighted by atomic mass is 9.96. The molecule has 17 heavy (non-hydrogen) atoms. The van der Waals surface area contributed by atoms with Crippen molar-refractivity contribution < 1.29 is 4.79 Å². The van der Waals surface area contributed by atoms with Gasteiger partial charge in [0.2, 0.25) is 0 Å². The lowest BCUT2D eigenvalue weighted by Crippen LogP contribution is -2.23. The Hall–Kier alpha value is -0.830. The first-order valence-corrected chi connectivity index (χ1v) is 7.45. The number of aldehydes is 1. The normalized spacial score (nSPS) is 21.2. The summed E-state index contributed by atoms with van der Waals surface area (Å²) in [4.78, 5) is 14.0. The summed E-state index contributed by atoms with van der Waals surface area (Å²) in [6.45, 7) is 4.58. The van der Waals surface area contributed by atoms with Crippen LogP contribution in [0.5, 0.6) is 0 Å². The molecule has 0 aliphatic carbocycles. The Morgan fingerprint density at radius 1 is 1.41 bits per heavy atom. The Bertz CT molecular complexity index is 361. The van der Waals surface area contributed by atoms with E-state index in [1.54, 1.807) is 11.3 Å². The lowest BCUT2D eigenvalue weighted by molar-refractivity contribution is 0.112. The molecule has 0 radical (unpaired) electrons. The van der Waals surface area contributed by atoms with Gasteiger partial charge in [0.25, 0.3) is 0 Å². The van der Waals surface area contributed by atoms with Gasteiger partial charge in [0, 0.05) is 13.1 Å². The fraction of sp³-hybridized carbons (Fsp3) is 0.643. The molecule has 94 valence electrons. The van der Waals surface area contributed by atoms with Gasteiger partial charge in [-0.05, 0) is 37.3 Å². The first-order valence-electron chi connectivity index (χ1n) is 6.63. The van der Waals surface area contributed by atoms with Gasteiger partial charge < -0.3 is 4.90 Å². The highest BCUT2D eigenvalue weighted by Crippen LogP contribution is 2.29. The number of hydrogen-bond acceptors (Lipinski definition) is 3. The SMILES string of the molecule is CCCC1CCCN(c2ccc(C=O)s2)CC1. The molecule has 2 rings (SSSR count). The Kier molecular flexibility index (Phi) is 4.60. The third-order valence-corrected chi connectivity index (χ3v) is 4.66. The van der Waals surface area contributed by atoms with E-state index in [2.05, 4.69) is 17.9 Å². The second-order valence-corrected chi connectivity index (χ2v) is 5.96. The third kappa shape index (κ3) is 3.32. The van der Waals surface area contributed by atoms with Gasteiger partial charge in [0.1, 0.15) is 0 Å². The second kappa shape index (κ2) is 6.20. The maximum Gasteiger partial charge on any atom is 0.160 e. The summed E-state index contributed by atoms with van der Waals surface area (Å²) in [5.41, 5.74) is 0. The van der Waals surface area contributed by atoms with Crippen molar-refractivity contribution in [3.63, 3.8) is 0 Å². The number of hydrogen-bond donors (Lipinski definition) is 0. The van der Waals surface area contributed by atoms with Crippen molar-refractivity contribution in [2.24, 2.45) is 5.92 Å². The van der Waals surface area contributed by atoms with Crippen molar-refractivity contribution in [2.45, 2.75) is 39.0 Å². The van der Waals surface area contributed by atoms with Gasteiger partial charge in [-0.1, -0.05) is 19.8 Å². The van der Waals surface area contributed by atoms with Crippen LogP contribution in [-0.2, 0) is 0 Å². The molecule has 1 unspecified atom stereocenters. The molecule has 0 aromatic carbocycles. The number of anilines is 1. The van der Waals surface area contributed by atoms with E-state index in [-0.39, 0.29) is 0 Å². The van der Waals surface area contributed by atoms with Crippen LogP contribution in [0, 0.1) is 5.92 Å². The molecule has 0 N–H and O–H groups in total. The van der Waals surface area contributed by atoms with E-state index in [0.717, 1.165) is 30.2 Å². The zero-order valence-corrected chi connectivity index (χ0v) is 11.3. The van der Waals surface area contributed by atoms with E-state index in [1.165, 1.54) is 37.1 Å². The van der Waals surface area contributed by atoms with E-state index in [0.29, 0.717) is 0 Å². The molecule has 1 aromatic heterocycles. The van der Waals surface area contributed by atoms with E-state index in [4.69, 9.17) is 0 Å². The minimum Gasteiger partial charge on any atom is -0.363 e. The monoisotopic (exact) mass is 251 g/mol. The van der Waals surface area contributed by atoms with Gasteiger partial charge in [0.05, 0.1) is 9.88 Å². The van der Waals surface area contributed by atoms with Crippen LogP contribution in [0.4, 0.5) is 5.00 Å². The molecule has 0 saturated carbocycles. The zero-order valence-electron chi connectivity index (χ0n) is 10.5. The molecule has 1 fully saturated rings. The van der Waals surface area contributed by atoms with Gasteiger partial charge in [-0.2, -0.15) is 0 Å². The van der Waals surface area contributed by atoms with E-state index >= 15 is 0 Å². The molecular formula is C14H21NOS. The first kappa shape index (κ1) is 12.6. The van der Waals surface area contributed by atoms with Gasteiger partial charge >= 0.3 is 0 Å². The maximum atomic E-state index is 10.7. The summed E-state index contributed by atoms with van der Waals surface area (Å²) in [6, 6.07) is 4.02. The predicted octanol–water partition coefficient (Wildman–Crippen LogP) is 3.97. The predicted molar refractivity (Wildman–Crippen MR) is 74.2 cm³/mol. The van der Waals surface area contributed by atoms with Crippen LogP contribution in [0.15, 0.2) is 12.1 Å². The number of rotatable bonds is 4. The molecule has 1 aliphatic rings. The summed E-state index contributed by atoms with van der Waals surface area (Å²) in [6.07, 6.45) is 7.60. The Morgan fingerprint density at radius 3 is 3.00 bits per heavy atom. The fourth-order valence-corrected chi connectivity index (χ4v) is 3.53.